The molecule has 1 aromatic rings. The molecule has 0 saturated carbocycles. The van der Waals surface area contributed by atoms with E-state index < -0.39 is 5.60 Å². The van der Waals surface area contributed by atoms with Gasteiger partial charge in [-0.25, -0.2) is 4.98 Å². The lowest BCUT2D eigenvalue weighted by Crippen LogP contribution is -2.40. The van der Waals surface area contributed by atoms with Crippen molar-refractivity contribution in [3.8, 4) is 0 Å². The fourth-order valence-electron chi connectivity index (χ4n) is 1.78. The molecule has 1 rings (SSSR count). The third-order valence-corrected chi connectivity index (χ3v) is 2.76. The summed E-state index contributed by atoms with van der Waals surface area (Å²) in [5.41, 5.74) is 6.58. The highest BCUT2D eigenvalue weighted by atomic mass is 32.1. The predicted molar refractivity (Wildman–Crippen MR) is 79.0 cm³/mol. The number of aromatic nitrogens is 1. The average molecular weight is 267 g/mol. The zero-order valence-electron chi connectivity index (χ0n) is 11.4. The summed E-state index contributed by atoms with van der Waals surface area (Å²) in [7, 11) is 0. The Morgan fingerprint density at radius 2 is 2.11 bits per heavy atom. The molecule has 0 radical (unpaired) electrons. The van der Waals surface area contributed by atoms with Gasteiger partial charge in [0, 0.05) is 18.8 Å². The van der Waals surface area contributed by atoms with Gasteiger partial charge in [-0.3, -0.25) is 0 Å². The first-order chi connectivity index (χ1) is 8.24. The second-order valence-corrected chi connectivity index (χ2v) is 5.45. The zero-order valence-corrected chi connectivity index (χ0v) is 12.2. The van der Waals surface area contributed by atoms with E-state index >= 15 is 0 Å². The Labute approximate surface area is 114 Å². The number of nitrogens with zero attached hydrogens (tertiary/aromatic N) is 2. The predicted octanol–water partition coefficient (Wildman–Crippen LogP) is 1.62. The van der Waals surface area contributed by atoms with Crippen LogP contribution in [0, 0.1) is 6.92 Å². The van der Waals surface area contributed by atoms with Crippen LogP contribution in [0.2, 0.25) is 0 Å². The molecule has 0 amide bonds. The van der Waals surface area contributed by atoms with Crippen LogP contribution < -0.4 is 10.6 Å². The number of likely N-dealkylation sites (N-methyl/N-ethyl adjacent to an activating group) is 1. The van der Waals surface area contributed by atoms with Crippen LogP contribution in [-0.2, 0) is 0 Å². The summed E-state index contributed by atoms with van der Waals surface area (Å²) >= 11 is 5.05. The van der Waals surface area contributed by atoms with E-state index in [2.05, 4.69) is 4.98 Å². The topological polar surface area (TPSA) is 62.4 Å². The number of nitrogens with two attached hydrogens (primary N) is 1. The van der Waals surface area contributed by atoms with Crippen LogP contribution >= 0.6 is 12.2 Å². The van der Waals surface area contributed by atoms with Gasteiger partial charge in [-0.05, 0) is 39.8 Å². The molecule has 1 aromatic heterocycles. The highest BCUT2D eigenvalue weighted by molar-refractivity contribution is 7.80. The molecule has 0 aromatic carbocycles. The van der Waals surface area contributed by atoms with Crippen molar-refractivity contribution in [1.82, 2.24) is 4.98 Å². The van der Waals surface area contributed by atoms with Gasteiger partial charge < -0.3 is 15.7 Å². The van der Waals surface area contributed by atoms with Crippen molar-refractivity contribution in [2.24, 2.45) is 5.73 Å². The van der Waals surface area contributed by atoms with Gasteiger partial charge in [-0.15, -0.1) is 0 Å². The summed E-state index contributed by atoms with van der Waals surface area (Å²) in [6, 6.07) is 3.77. The molecule has 0 aliphatic heterocycles. The summed E-state index contributed by atoms with van der Waals surface area (Å²) < 4.78 is 0. The number of aliphatic hydroxyl groups is 1. The molecule has 0 fully saturated rings. The third kappa shape index (κ3) is 3.92. The first-order valence-corrected chi connectivity index (χ1v) is 6.40. The van der Waals surface area contributed by atoms with Crippen molar-refractivity contribution in [3.63, 3.8) is 0 Å². The third-order valence-electron chi connectivity index (χ3n) is 2.54. The smallest absolute Gasteiger partial charge is 0.139 e. The van der Waals surface area contributed by atoms with Crippen LogP contribution in [0.3, 0.4) is 0 Å². The maximum absolute atomic E-state index is 9.95. The van der Waals surface area contributed by atoms with Crippen LogP contribution in [0.15, 0.2) is 12.1 Å². The molecule has 0 atom stereocenters. The number of thiocarbonyl (C=S) groups is 1. The lowest BCUT2D eigenvalue weighted by molar-refractivity contribution is 0.0874. The molecule has 0 aliphatic carbocycles. The Balaban J connectivity index is 3.19. The van der Waals surface area contributed by atoms with Gasteiger partial charge in [0.15, 0.2) is 0 Å². The fraction of sp³-hybridized carbons (Fsp3) is 0.538. The van der Waals surface area contributed by atoms with Crippen LogP contribution in [0.25, 0.3) is 0 Å². The van der Waals surface area contributed by atoms with Gasteiger partial charge in [0.25, 0.3) is 0 Å². The van der Waals surface area contributed by atoms with Gasteiger partial charge >= 0.3 is 0 Å². The van der Waals surface area contributed by atoms with Gasteiger partial charge in [0.1, 0.15) is 10.8 Å². The number of hydrogen-bond acceptors (Lipinski definition) is 4. The first-order valence-electron chi connectivity index (χ1n) is 5.99. The number of anilines is 1. The number of hydrogen-bond donors (Lipinski definition) is 2. The van der Waals surface area contributed by atoms with Crippen molar-refractivity contribution in [1.29, 1.82) is 0 Å². The Morgan fingerprint density at radius 3 is 2.56 bits per heavy atom. The van der Waals surface area contributed by atoms with Crippen molar-refractivity contribution >= 4 is 23.0 Å². The second kappa shape index (κ2) is 5.63. The van der Waals surface area contributed by atoms with E-state index in [9.17, 15) is 5.11 Å². The van der Waals surface area contributed by atoms with Crippen LogP contribution in [-0.4, -0.2) is 33.8 Å². The molecule has 0 saturated heterocycles. The fourth-order valence-corrected chi connectivity index (χ4v) is 1.94. The lowest BCUT2D eigenvalue weighted by Gasteiger charge is -2.30. The van der Waals surface area contributed by atoms with Crippen molar-refractivity contribution in [2.75, 3.05) is 18.0 Å². The Morgan fingerprint density at radius 1 is 1.50 bits per heavy atom. The molecule has 0 aliphatic rings. The van der Waals surface area contributed by atoms with E-state index in [-0.39, 0.29) is 0 Å². The normalized spacial score (nSPS) is 11.4. The molecule has 0 spiro atoms. The van der Waals surface area contributed by atoms with Crippen molar-refractivity contribution in [3.05, 3.63) is 23.4 Å². The van der Waals surface area contributed by atoms with E-state index in [0.717, 1.165) is 23.6 Å². The van der Waals surface area contributed by atoms with E-state index in [0.29, 0.717) is 11.5 Å². The Hall–Kier alpha value is -1.20. The van der Waals surface area contributed by atoms with Crippen LogP contribution in [0.5, 0.6) is 0 Å². The molecule has 5 heteroatoms. The number of pyridine rings is 1. The summed E-state index contributed by atoms with van der Waals surface area (Å²) in [6.45, 7) is 8.69. The molecule has 0 bridgehead atoms. The summed E-state index contributed by atoms with van der Waals surface area (Å²) in [4.78, 5) is 6.81. The van der Waals surface area contributed by atoms with Crippen LogP contribution in [0.4, 0.5) is 5.82 Å². The summed E-state index contributed by atoms with van der Waals surface area (Å²) in [6.07, 6.45) is 0. The monoisotopic (exact) mass is 267 g/mol. The molecule has 18 heavy (non-hydrogen) atoms. The summed E-state index contributed by atoms with van der Waals surface area (Å²) in [5.74, 6) is 0.743. The largest absolute Gasteiger partial charge is 0.389 e. The van der Waals surface area contributed by atoms with E-state index in [1.807, 2.05) is 30.9 Å². The van der Waals surface area contributed by atoms with Crippen LogP contribution in [0.1, 0.15) is 32.0 Å². The minimum Gasteiger partial charge on any atom is -0.389 e. The maximum atomic E-state index is 9.95. The lowest BCUT2D eigenvalue weighted by atomic mass is 10.1. The molecule has 1 heterocycles. The maximum Gasteiger partial charge on any atom is 0.139 e. The molecular formula is C13H21N3OS. The average Bonchev–Trinajstić information content (AvgIpc) is 2.24. The minimum atomic E-state index is -0.797. The van der Waals surface area contributed by atoms with Crippen molar-refractivity contribution in [2.45, 2.75) is 33.3 Å². The van der Waals surface area contributed by atoms with Crippen molar-refractivity contribution < 1.29 is 5.11 Å². The molecule has 0 unspecified atom stereocenters. The number of rotatable bonds is 5. The SMILES string of the molecule is CCN(CC(C)(C)O)c1nc(C)ccc1C(N)=S. The molecule has 3 N–H and O–H groups in total. The highest BCUT2D eigenvalue weighted by Gasteiger charge is 2.21. The standard InChI is InChI=1S/C13H21N3OS/c1-5-16(8-13(3,4)17)12-10(11(14)18)7-6-9(2)15-12/h6-7,17H,5,8H2,1-4H3,(H2,14,18). The minimum absolute atomic E-state index is 0.326. The molecule has 100 valence electrons. The Bertz CT molecular complexity index is 440. The molecular weight excluding hydrogens is 246 g/mol. The zero-order chi connectivity index (χ0) is 13.9. The van der Waals surface area contributed by atoms with E-state index in [1.165, 1.54) is 0 Å². The van der Waals surface area contributed by atoms with Gasteiger partial charge in [0.2, 0.25) is 0 Å². The van der Waals surface area contributed by atoms with E-state index in [4.69, 9.17) is 18.0 Å². The van der Waals surface area contributed by atoms with Gasteiger partial charge in [-0.1, -0.05) is 12.2 Å². The number of aryl methyl sites for hydroxylation is 1. The molecule has 4 nitrogen and oxygen atoms in total. The van der Waals surface area contributed by atoms with E-state index in [1.54, 1.807) is 13.8 Å². The highest BCUT2D eigenvalue weighted by Crippen LogP contribution is 2.20. The Kier molecular flexibility index (Phi) is 4.65. The van der Waals surface area contributed by atoms with Gasteiger partial charge in [-0.2, -0.15) is 0 Å². The first kappa shape index (κ1) is 14.9. The second-order valence-electron chi connectivity index (χ2n) is 5.01. The summed E-state index contributed by atoms with van der Waals surface area (Å²) in [5, 5.41) is 9.95. The van der Waals surface area contributed by atoms with Gasteiger partial charge in [0.05, 0.1) is 11.2 Å². The quantitative estimate of drug-likeness (QED) is 0.794.